The number of esters is 2. The van der Waals surface area contributed by atoms with Crippen LogP contribution in [0.4, 0.5) is 0 Å². The molecular weight excluding hydrogens is 591 g/mol. The van der Waals surface area contributed by atoms with Gasteiger partial charge in [-0.25, -0.2) is 4.79 Å². The largest absolute Gasteiger partial charge is 0.507 e. The van der Waals surface area contributed by atoms with Crippen LogP contribution in [0.3, 0.4) is 0 Å². The monoisotopic (exact) mass is 638 g/mol. The second kappa shape index (κ2) is 14.1. The number of carbonyl (C=O) groups is 2. The van der Waals surface area contributed by atoms with Crippen molar-refractivity contribution in [3.05, 3.63) is 120 Å². The van der Waals surface area contributed by atoms with Gasteiger partial charge in [0.2, 0.25) is 0 Å². The van der Waals surface area contributed by atoms with E-state index in [4.69, 9.17) is 9.47 Å². The first-order chi connectivity index (χ1) is 21.8. The maximum absolute atomic E-state index is 14.8. The molecule has 0 bridgehead atoms. The summed E-state index contributed by atoms with van der Waals surface area (Å²) in [7, 11) is 0. The van der Waals surface area contributed by atoms with E-state index in [0.29, 0.717) is 22.0 Å². The molecule has 1 unspecified atom stereocenters. The van der Waals surface area contributed by atoms with Gasteiger partial charge in [0.05, 0.1) is 18.5 Å². The highest BCUT2D eigenvalue weighted by Gasteiger charge is 2.43. The Morgan fingerprint density at radius 1 is 0.652 bits per heavy atom. The molecule has 0 radical (unpaired) electrons. The number of phenolic OH excluding ortho intramolecular Hbond substituents is 1. The molecule has 0 aliphatic carbocycles. The summed E-state index contributed by atoms with van der Waals surface area (Å²) in [6.45, 7) is 12.9. The lowest BCUT2D eigenvalue weighted by Gasteiger charge is -2.35. The third-order valence-corrected chi connectivity index (χ3v) is 12.5. The Hall–Kier alpha value is -4.08. The Balaban J connectivity index is 2.39. The summed E-state index contributed by atoms with van der Waals surface area (Å²) in [4.78, 5) is 29.3. The summed E-state index contributed by atoms with van der Waals surface area (Å²) >= 11 is 0. The van der Waals surface area contributed by atoms with E-state index < -0.39 is 35.6 Å². The van der Waals surface area contributed by atoms with Crippen molar-refractivity contribution in [2.45, 2.75) is 72.1 Å². The van der Waals surface area contributed by atoms with E-state index in [1.165, 1.54) is 0 Å². The standard InChI is InChI=1S/C40H47O5P/c1-9-44-37(42)34(28-26-32(39(3,4)5)35(41)33(27-28)40(6,7)8)36(38(43)45-10-2)46(29-20-14-11-15-21-29,30-22-16-12-17-23-30)31-24-18-13-19-25-31/h11-27,34,41H,9-10H2,1-8H3. The molecule has 5 nitrogen and oxygen atoms in total. The van der Waals surface area contributed by atoms with Crippen LogP contribution in [-0.2, 0) is 29.9 Å². The van der Waals surface area contributed by atoms with Crippen LogP contribution in [0, 0.1) is 0 Å². The molecule has 4 aromatic carbocycles. The molecule has 0 heterocycles. The minimum atomic E-state index is -3.09. The van der Waals surface area contributed by atoms with Crippen LogP contribution in [0.25, 0.3) is 0 Å². The Morgan fingerprint density at radius 3 is 1.35 bits per heavy atom. The number of rotatable bonds is 9. The molecule has 242 valence electrons. The normalized spacial score (nSPS) is 12.7. The summed E-state index contributed by atoms with van der Waals surface area (Å²) in [6, 6.07) is 33.6. The Bertz CT molecular complexity index is 1570. The Kier molecular flexibility index (Phi) is 10.7. The molecule has 0 aliphatic heterocycles. The van der Waals surface area contributed by atoms with Crippen molar-refractivity contribution in [1.29, 1.82) is 0 Å². The number of phenols is 1. The lowest BCUT2D eigenvalue weighted by molar-refractivity contribution is -0.144. The fourth-order valence-corrected chi connectivity index (χ4v) is 10.6. The van der Waals surface area contributed by atoms with E-state index >= 15 is 0 Å². The van der Waals surface area contributed by atoms with Gasteiger partial charge in [0.1, 0.15) is 11.7 Å². The van der Waals surface area contributed by atoms with Crippen LogP contribution in [-0.4, -0.2) is 35.6 Å². The Morgan fingerprint density at radius 2 is 1.02 bits per heavy atom. The van der Waals surface area contributed by atoms with Crippen LogP contribution in [0.15, 0.2) is 103 Å². The van der Waals surface area contributed by atoms with Gasteiger partial charge in [-0.15, -0.1) is 0 Å². The third kappa shape index (κ3) is 6.86. The summed E-state index contributed by atoms with van der Waals surface area (Å²) in [5.74, 6) is -2.02. The highest BCUT2D eigenvalue weighted by atomic mass is 31.2. The molecule has 6 heteroatoms. The van der Waals surface area contributed by atoms with Crippen molar-refractivity contribution >= 4 is 40.0 Å². The SMILES string of the molecule is CCOC(=O)C(C(C(=O)OCC)c1cc(C(C)(C)C)c(O)c(C(C)(C)C)c1)=P(c1ccccc1)(c1ccccc1)c1ccccc1. The van der Waals surface area contributed by atoms with Crippen molar-refractivity contribution < 1.29 is 24.2 Å². The van der Waals surface area contributed by atoms with E-state index in [1.807, 2.05) is 145 Å². The van der Waals surface area contributed by atoms with Crippen LogP contribution in [0.1, 0.15) is 78.0 Å². The van der Waals surface area contributed by atoms with Gasteiger partial charge in [-0.05, 0) is 64.2 Å². The molecule has 1 N–H and O–H groups in total. The van der Waals surface area contributed by atoms with E-state index in [2.05, 4.69) is 0 Å². The Labute approximate surface area is 274 Å². The first-order valence-corrected chi connectivity index (χ1v) is 17.7. The summed E-state index contributed by atoms with van der Waals surface area (Å²) in [5.41, 5.74) is 1.04. The zero-order chi connectivity index (χ0) is 33.7. The van der Waals surface area contributed by atoms with Gasteiger partial charge in [0.25, 0.3) is 0 Å². The number of hydrogen-bond acceptors (Lipinski definition) is 5. The summed E-state index contributed by atoms with van der Waals surface area (Å²) in [6.07, 6.45) is 0. The summed E-state index contributed by atoms with van der Waals surface area (Å²) < 4.78 is 11.8. The fraction of sp³-hybridized carbons (Fsp3) is 0.325. The molecule has 0 aliphatic rings. The van der Waals surface area contributed by atoms with Gasteiger partial charge >= 0.3 is 11.9 Å². The molecule has 4 rings (SSSR count). The zero-order valence-electron chi connectivity index (χ0n) is 28.3. The van der Waals surface area contributed by atoms with E-state index in [-0.39, 0.29) is 19.0 Å². The quantitative estimate of drug-likeness (QED) is 0.153. The van der Waals surface area contributed by atoms with Crippen molar-refractivity contribution in [3.63, 3.8) is 0 Å². The second-order valence-electron chi connectivity index (χ2n) is 13.4. The molecular formula is C40H47O5P. The van der Waals surface area contributed by atoms with Gasteiger partial charge in [-0.3, -0.25) is 4.79 Å². The van der Waals surface area contributed by atoms with E-state index in [1.54, 1.807) is 13.8 Å². The molecule has 46 heavy (non-hydrogen) atoms. The number of carbonyl (C=O) groups excluding carboxylic acids is 2. The van der Waals surface area contributed by atoms with Crippen molar-refractivity contribution in [3.8, 4) is 5.75 Å². The zero-order valence-corrected chi connectivity index (χ0v) is 29.2. The lowest BCUT2D eigenvalue weighted by Crippen LogP contribution is -2.40. The minimum absolute atomic E-state index is 0.131. The predicted octanol–water partition coefficient (Wildman–Crippen LogP) is 7.36. The molecule has 0 spiro atoms. The van der Waals surface area contributed by atoms with Gasteiger partial charge in [-0.2, -0.15) is 0 Å². The van der Waals surface area contributed by atoms with Gasteiger partial charge < -0.3 is 14.6 Å². The van der Waals surface area contributed by atoms with Crippen LogP contribution >= 0.6 is 6.89 Å². The van der Waals surface area contributed by atoms with Crippen LogP contribution in [0.2, 0.25) is 0 Å². The molecule has 0 fully saturated rings. The number of benzene rings is 4. The molecule has 4 aromatic rings. The van der Waals surface area contributed by atoms with E-state index in [0.717, 1.165) is 15.9 Å². The van der Waals surface area contributed by atoms with E-state index in [9.17, 15) is 14.7 Å². The van der Waals surface area contributed by atoms with Crippen LogP contribution in [0.5, 0.6) is 5.75 Å². The minimum Gasteiger partial charge on any atom is -0.507 e. The van der Waals surface area contributed by atoms with Gasteiger partial charge in [-0.1, -0.05) is 145 Å². The molecule has 0 amide bonds. The molecule has 0 aromatic heterocycles. The molecule has 1 atom stereocenters. The number of ether oxygens (including phenoxy) is 2. The lowest BCUT2D eigenvalue weighted by atomic mass is 9.76. The predicted molar refractivity (Wildman–Crippen MR) is 192 cm³/mol. The van der Waals surface area contributed by atoms with Gasteiger partial charge in [0, 0.05) is 0 Å². The van der Waals surface area contributed by atoms with Crippen molar-refractivity contribution in [1.82, 2.24) is 0 Å². The number of hydrogen-bond donors (Lipinski definition) is 1. The maximum atomic E-state index is 14.8. The average Bonchev–Trinajstić information content (AvgIpc) is 3.02. The van der Waals surface area contributed by atoms with Crippen LogP contribution < -0.4 is 15.9 Å². The molecule has 0 saturated heterocycles. The highest BCUT2D eigenvalue weighted by molar-refractivity contribution is 7.96. The first kappa shape index (κ1) is 34.8. The second-order valence-corrected chi connectivity index (χ2v) is 16.8. The smallest absolute Gasteiger partial charge is 0.336 e. The maximum Gasteiger partial charge on any atom is 0.336 e. The van der Waals surface area contributed by atoms with Crippen molar-refractivity contribution in [2.24, 2.45) is 0 Å². The summed E-state index contributed by atoms with van der Waals surface area (Å²) in [5, 5.41) is 14.7. The first-order valence-electron chi connectivity index (χ1n) is 15.9. The third-order valence-electron chi connectivity index (χ3n) is 8.15. The molecule has 0 saturated carbocycles. The average molecular weight is 639 g/mol. The topological polar surface area (TPSA) is 72.8 Å². The van der Waals surface area contributed by atoms with Crippen molar-refractivity contribution in [2.75, 3.05) is 13.2 Å². The van der Waals surface area contributed by atoms with Gasteiger partial charge in [0.15, 0.2) is 0 Å². The highest BCUT2D eigenvalue weighted by Crippen LogP contribution is 2.51. The number of aromatic hydroxyl groups is 1. The fourth-order valence-electron chi connectivity index (χ4n) is 6.07.